The minimum atomic E-state index is -0.172. The maximum absolute atomic E-state index is 12.2. The minimum Gasteiger partial charge on any atom is -0.369 e. The lowest BCUT2D eigenvalue weighted by Gasteiger charge is -2.39. The van der Waals surface area contributed by atoms with Gasteiger partial charge in [0.2, 0.25) is 12.3 Å². The van der Waals surface area contributed by atoms with Crippen molar-refractivity contribution in [3.05, 3.63) is 48.0 Å². The average molecular weight is 550 g/mol. The molecule has 0 aliphatic carbocycles. The number of anilines is 2. The van der Waals surface area contributed by atoms with Gasteiger partial charge in [0, 0.05) is 81.3 Å². The molecule has 0 spiro atoms. The second-order valence-corrected chi connectivity index (χ2v) is 11.6. The normalized spacial score (nSPS) is 17.7. The van der Waals surface area contributed by atoms with E-state index in [1.54, 1.807) is 0 Å². The van der Waals surface area contributed by atoms with E-state index < -0.39 is 0 Å². The standard InChI is InChI=1S/C29H39N7O2S/c1-22(23-7-6-8-25(19-23)39-36-13-4-3-5-14-36)34-15-17-35(18-16-34)24-9-10-26-27(20-24)33(2)32-29(26)31-28(38)11-12-30-21-37/h6-10,19-22H,3-5,11-18H2,1-2H3,(H,30,37)(H,31,32,38). The first-order valence-corrected chi connectivity index (χ1v) is 14.7. The molecule has 2 aliphatic rings. The van der Waals surface area contributed by atoms with Crippen LogP contribution in [0.25, 0.3) is 10.9 Å². The molecule has 2 aromatic carbocycles. The average Bonchev–Trinajstić information content (AvgIpc) is 3.27. The molecule has 0 radical (unpaired) electrons. The molecule has 5 rings (SSSR count). The van der Waals surface area contributed by atoms with Crippen LogP contribution in [-0.2, 0) is 16.6 Å². The number of piperidine rings is 1. The molecule has 2 fully saturated rings. The monoisotopic (exact) mass is 549 g/mol. The summed E-state index contributed by atoms with van der Waals surface area (Å²) in [5.41, 5.74) is 3.54. The molecule has 2 amide bonds. The number of rotatable bonds is 10. The highest BCUT2D eigenvalue weighted by atomic mass is 32.2. The molecule has 1 unspecified atom stereocenters. The topological polar surface area (TPSA) is 85.7 Å². The third-order valence-corrected chi connectivity index (χ3v) is 8.88. The Bertz CT molecular complexity index is 1280. The largest absolute Gasteiger partial charge is 0.369 e. The molecule has 0 bridgehead atoms. The zero-order valence-electron chi connectivity index (χ0n) is 22.9. The highest BCUT2D eigenvalue weighted by Crippen LogP contribution is 2.31. The first-order valence-electron chi connectivity index (χ1n) is 14.0. The van der Waals surface area contributed by atoms with Crippen molar-refractivity contribution >= 4 is 46.7 Å². The van der Waals surface area contributed by atoms with E-state index in [1.807, 2.05) is 29.7 Å². The van der Waals surface area contributed by atoms with Gasteiger partial charge in [-0.15, -0.1) is 0 Å². The lowest BCUT2D eigenvalue weighted by molar-refractivity contribution is -0.116. The van der Waals surface area contributed by atoms with Crippen LogP contribution in [0.5, 0.6) is 0 Å². The zero-order chi connectivity index (χ0) is 27.2. The Morgan fingerprint density at radius 2 is 1.85 bits per heavy atom. The molecule has 3 heterocycles. The summed E-state index contributed by atoms with van der Waals surface area (Å²) in [5, 5.41) is 10.8. The van der Waals surface area contributed by atoms with Crippen LogP contribution in [0.4, 0.5) is 11.5 Å². The van der Waals surface area contributed by atoms with Gasteiger partial charge < -0.3 is 15.5 Å². The number of aromatic nitrogens is 2. The van der Waals surface area contributed by atoms with Crippen LogP contribution in [0.2, 0.25) is 0 Å². The quantitative estimate of drug-likeness (QED) is 0.224. The molecular weight excluding hydrogens is 510 g/mol. The SMILES string of the molecule is CC(c1cccc(SN2CCCCC2)c1)N1CCN(c2ccc3c(NC(=O)CCNC=O)nn(C)c3c2)CC1. The number of carbonyl (C=O) groups is 2. The van der Waals surface area contributed by atoms with Gasteiger partial charge in [0.05, 0.1) is 5.52 Å². The van der Waals surface area contributed by atoms with Gasteiger partial charge in [-0.05, 0) is 67.6 Å². The van der Waals surface area contributed by atoms with Crippen LogP contribution < -0.4 is 15.5 Å². The number of hydrogen-bond acceptors (Lipinski definition) is 7. The number of piperazine rings is 1. The van der Waals surface area contributed by atoms with Gasteiger partial charge in [-0.3, -0.25) is 19.2 Å². The number of carbonyl (C=O) groups excluding carboxylic acids is 2. The van der Waals surface area contributed by atoms with E-state index in [0.717, 1.165) is 37.1 Å². The highest BCUT2D eigenvalue weighted by molar-refractivity contribution is 7.97. The number of amides is 2. The van der Waals surface area contributed by atoms with Crippen molar-refractivity contribution < 1.29 is 9.59 Å². The molecule has 1 aromatic heterocycles. The van der Waals surface area contributed by atoms with Crippen molar-refractivity contribution in [3.8, 4) is 0 Å². The fourth-order valence-electron chi connectivity index (χ4n) is 5.49. The van der Waals surface area contributed by atoms with Crippen molar-refractivity contribution in [1.29, 1.82) is 0 Å². The van der Waals surface area contributed by atoms with Gasteiger partial charge in [-0.1, -0.05) is 18.6 Å². The van der Waals surface area contributed by atoms with Crippen molar-refractivity contribution in [3.63, 3.8) is 0 Å². The number of benzene rings is 2. The van der Waals surface area contributed by atoms with Gasteiger partial charge in [0.25, 0.3) is 0 Å². The second-order valence-electron chi connectivity index (χ2n) is 10.4. The Hall–Kier alpha value is -3.08. The van der Waals surface area contributed by atoms with Crippen LogP contribution in [0.3, 0.4) is 0 Å². The van der Waals surface area contributed by atoms with E-state index in [4.69, 9.17) is 0 Å². The van der Waals surface area contributed by atoms with Crippen molar-refractivity contribution in [1.82, 2.24) is 24.3 Å². The predicted molar refractivity (Wildman–Crippen MR) is 158 cm³/mol. The van der Waals surface area contributed by atoms with E-state index in [9.17, 15) is 9.59 Å². The summed E-state index contributed by atoms with van der Waals surface area (Å²) in [4.78, 5) is 29.0. The van der Waals surface area contributed by atoms with E-state index in [0.29, 0.717) is 24.8 Å². The van der Waals surface area contributed by atoms with Crippen LogP contribution in [0.1, 0.15) is 44.2 Å². The molecule has 208 valence electrons. The third-order valence-electron chi connectivity index (χ3n) is 7.79. The first-order chi connectivity index (χ1) is 19.0. The lowest BCUT2D eigenvalue weighted by Crippen LogP contribution is -2.47. The van der Waals surface area contributed by atoms with Crippen molar-refractivity contribution in [2.75, 3.05) is 56.0 Å². The Balaban J connectivity index is 1.19. The smallest absolute Gasteiger partial charge is 0.227 e. The molecule has 1 atom stereocenters. The van der Waals surface area contributed by atoms with Gasteiger partial charge in [-0.2, -0.15) is 5.10 Å². The summed E-state index contributed by atoms with van der Waals surface area (Å²) in [6, 6.07) is 15.8. The van der Waals surface area contributed by atoms with E-state index in [2.05, 4.69) is 73.2 Å². The molecule has 39 heavy (non-hydrogen) atoms. The number of nitrogens with one attached hydrogen (secondary N) is 2. The minimum absolute atomic E-state index is 0.172. The fourth-order valence-corrected chi connectivity index (χ4v) is 6.56. The van der Waals surface area contributed by atoms with Crippen molar-refractivity contribution in [2.24, 2.45) is 7.05 Å². The number of nitrogens with zero attached hydrogens (tertiary/aromatic N) is 5. The highest BCUT2D eigenvalue weighted by Gasteiger charge is 2.23. The van der Waals surface area contributed by atoms with Gasteiger partial charge in [-0.25, -0.2) is 4.31 Å². The van der Waals surface area contributed by atoms with Gasteiger partial charge in [0.1, 0.15) is 0 Å². The number of aryl methyl sites for hydroxylation is 1. The Labute approximate surface area is 235 Å². The Kier molecular flexibility index (Phi) is 9.06. The molecular formula is C29H39N7O2S. The molecule has 9 nitrogen and oxygen atoms in total. The summed E-state index contributed by atoms with van der Waals surface area (Å²) in [6.07, 6.45) is 4.77. The predicted octanol–water partition coefficient (Wildman–Crippen LogP) is 4.02. The summed E-state index contributed by atoms with van der Waals surface area (Å²) in [5.74, 6) is 0.378. The van der Waals surface area contributed by atoms with Gasteiger partial charge >= 0.3 is 0 Å². The summed E-state index contributed by atoms with van der Waals surface area (Å²) < 4.78 is 4.32. The fraction of sp³-hybridized carbons (Fsp3) is 0.483. The molecule has 2 aliphatic heterocycles. The maximum atomic E-state index is 12.2. The first kappa shape index (κ1) is 27.5. The zero-order valence-corrected chi connectivity index (χ0v) is 23.8. The summed E-state index contributed by atoms with van der Waals surface area (Å²) in [6.45, 7) is 8.94. The number of fused-ring (bicyclic) bond motifs is 1. The molecule has 0 saturated carbocycles. The summed E-state index contributed by atoms with van der Waals surface area (Å²) >= 11 is 1.91. The Morgan fingerprint density at radius 1 is 1.05 bits per heavy atom. The Morgan fingerprint density at radius 3 is 2.62 bits per heavy atom. The lowest BCUT2D eigenvalue weighted by atomic mass is 10.1. The maximum Gasteiger partial charge on any atom is 0.227 e. The van der Waals surface area contributed by atoms with E-state index in [-0.39, 0.29) is 12.3 Å². The summed E-state index contributed by atoms with van der Waals surface area (Å²) in [7, 11) is 1.90. The van der Waals surface area contributed by atoms with E-state index >= 15 is 0 Å². The molecule has 2 saturated heterocycles. The van der Waals surface area contributed by atoms with Crippen LogP contribution in [0, 0.1) is 0 Å². The van der Waals surface area contributed by atoms with Crippen LogP contribution in [0.15, 0.2) is 47.4 Å². The molecule has 3 aromatic rings. The third kappa shape index (κ3) is 6.74. The van der Waals surface area contributed by atoms with Crippen LogP contribution in [-0.4, -0.2) is 77.1 Å². The number of hydrogen-bond donors (Lipinski definition) is 2. The molecule has 2 N–H and O–H groups in total. The van der Waals surface area contributed by atoms with E-state index in [1.165, 1.54) is 48.5 Å². The van der Waals surface area contributed by atoms with Gasteiger partial charge in [0.15, 0.2) is 5.82 Å². The van der Waals surface area contributed by atoms with Crippen LogP contribution >= 0.6 is 11.9 Å². The molecule has 10 heteroatoms. The van der Waals surface area contributed by atoms with Crippen molar-refractivity contribution in [2.45, 2.75) is 43.5 Å². The second kappa shape index (κ2) is 12.8.